The number of hydrogen-bond donors (Lipinski definition) is 2. The van der Waals surface area contributed by atoms with Crippen molar-refractivity contribution in [2.75, 3.05) is 23.3 Å². The fourth-order valence-corrected chi connectivity index (χ4v) is 3.61. The zero-order valence-electron chi connectivity index (χ0n) is 16.4. The number of hydrogen-bond acceptors (Lipinski definition) is 4. The van der Waals surface area contributed by atoms with E-state index in [0.717, 1.165) is 6.07 Å². The van der Waals surface area contributed by atoms with Crippen molar-refractivity contribution in [2.45, 2.75) is 5.92 Å². The average molecular weight is 441 g/mol. The number of carbonyl (C=O) groups excluding carboxylic acids is 1. The third-order valence-electron chi connectivity index (χ3n) is 5.21. The van der Waals surface area contributed by atoms with Crippen molar-refractivity contribution in [1.82, 2.24) is 15.2 Å². The molecule has 0 aliphatic carbocycles. The summed E-state index contributed by atoms with van der Waals surface area (Å²) in [5.74, 6) is -4.93. The first kappa shape index (κ1) is 20.0. The van der Waals surface area contributed by atoms with Crippen LogP contribution in [-0.4, -0.2) is 40.1 Å². The molecule has 32 heavy (non-hydrogen) atoms. The standard InChI is InChI=1S/C22H15F4N5O/c23-16-3-1-2-14(19(16)24)12-4-5-17-15(8-12)20(30-29-17)21(32)28-13-6-7-27-18(9-13)31-10-22(25,26)11-31/h1-9H,10-11H2,(H,29,30)(H,27,28,32). The van der Waals surface area contributed by atoms with Crippen molar-refractivity contribution in [1.29, 1.82) is 0 Å². The molecule has 1 aliphatic rings. The van der Waals surface area contributed by atoms with Crippen molar-refractivity contribution in [3.05, 3.63) is 72.1 Å². The van der Waals surface area contributed by atoms with Crippen LogP contribution in [0.5, 0.6) is 0 Å². The van der Waals surface area contributed by atoms with Gasteiger partial charge in [0.15, 0.2) is 17.3 Å². The Bertz CT molecular complexity index is 1350. The van der Waals surface area contributed by atoms with Crippen molar-refractivity contribution < 1.29 is 22.4 Å². The number of fused-ring (bicyclic) bond motifs is 1. The molecule has 6 nitrogen and oxygen atoms in total. The Morgan fingerprint density at radius 2 is 1.91 bits per heavy atom. The number of amides is 1. The van der Waals surface area contributed by atoms with Gasteiger partial charge < -0.3 is 10.2 Å². The first-order chi connectivity index (χ1) is 15.3. The van der Waals surface area contributed by atoms with Gasteiger partial charge in [0.1, 0.15) is 5.82 Å². The molecule has 1 saturated heterocycles. The van der Waals surface area contributed by atoms with Crippen LogP contribution in [-0.2, 0) is 0 Å². The molecule has 0 radical (unpaired) electrons. The highest BCUT2D eigenvalue weighted by molar-refractivity contribution is 6.11. The Kier molecular flexibility index (Phi) is 4.58. The number of benzene rings is 2. The highest BCUT2D eigenvalue weighted by Gasteiger charge is 2.44. The number of nitrogens with zero attached hydrogens (tertiary/aromatic N) is 3. The molecule has 0 spiro atoms. The van der Waals surface area contributed by atoms with Gasteiger partial charge in [-0.1, -0.05) is 18.2 Å². The Morgan fingerprint density at radius 1 is 1.09 bits per heavy atom. The largest absolute Gasteiger partial charge is 0.344 e. The van der Waals surface area contributed by atoms with Crippen LogP contribution >= 0.6 is 0 Å². The number of nitrogens with one attached hydrogen (secondary N) is 2. The molecule has 1 aliphatic heterocycles. The number of rotatable bonds is 4. The SMILES string of the molecule is O=C(Nc1ccnc(N2CC(F)(F)C2)c1)c1n[nH]c2ccc(-c3cccc(F)c3F)cc12. The van der Waals surface area contributed by atoms with Crippen LogP contribution in [0.2, 0.25) is 0 Å². The smallest absolute Gasteiger partial charge is 0.282 e. The van der Waals surface area contributed by atoms with Gasteiger partial charge in [0, 0.05) is 28.9 Å². The molecule has 4 aromatic rings. The molecule has 2 N–H and O–H groups in total. The first-order valence-corrected chi connectivity index (χ1v) is 9.63. The summed E-state index contributed by atoms with van der Waals surface area (Å²) in [6.45, 7) is -0.859. The van der Waals surface area contributed by atoms with E-state index in [1.54, 1.807) is 18.2 Å². The van der Waals surface area contributed by atoms with E-state index in [9.17, 15) is 22.4 Å². The fraction of sp³-hybridized carbons (Fsp3) is 0.136. The third-order valence-corrected chi connectivity index (χ3v) is 5.21. The second kappa shape index (κ2) is 7.33. The van der Waals surface area contributed by atoms with Gasteiger partial charge in [-0.2, -0.15) is 5.10 Å². The molecule has 10 heteroatoms. The number of halogens is 4. The van der Waals surface area contributed by atoms with Crippen molar-refractivity contribution >= 4 is 28.3 Å². The summed E-state index contributed by atoms with van der Waals surface area (Å²) in [5.41, 5.74) is 1.39. The molecule has 0 atom stereocenters. The van der Waals surface area contributed by atoms with Crippen molar-refractivity contribution in [3.63, 3.8) is 0 Å². The predicted molar refractivity (Wildman–Crippen MR) is 111 cm³/mol. The maximum Gasteiger partial charge on any atom is 0.282 e. The van der Waals surface area contributed by atoms with Gasteiger partial charge in [-0.15, -0.1) is 0 Å². The van der Waals surface area contributed by atoms with Gasteiger partial charge >= 0.3 is 0 Å². The van der Waals surface area contributed by atoms with E-state index in [0.29, 0.717) is 28.0 Å². The number of anilines is 2. The van der Waals surface area contributed by atoms with Gasteiger partial charge in [0.25, 0.3) is 11.8 Å². The molecule has 2 aromatic heterocycles. The maximum atomic E-state index is 14.2. The molecule has 5 rings (SSSR count). The molecule has 2 aromatic carbocycles. The highest BCUT2D eigenvalue weighted by atomic mass is 19.3. The number of aromatic nitrogens is 3. The molecule has 0 saturated carbocycles. The third kappa shape index (κ3) is 3.53. The summed E-state index contributed by atoms with van der Waals surface area (Å²) in [7, 11) is 0. The molecule has 1 fully saturated rings. The second-order valence-corrected chi connectivity index (χ2v) is 7.50. The van der Waals surface area contributed by atoms with Crippen LogP contribution in [0, 0.1) is 11.6 Å². The summed E-state index contributed by atoms with van der Waals surface area (Å²) in [4.78, 5) is 18.3. The number of carbonyl (C=O) groups is 1. The molecule has 162 valence electrons. The van der Waals surface area contributed by atoms with Crippen LogP contribution in [0.15, 0.2) is 54.7 Å². The van der Waals surface area contributed by atoms with Crippen LogP contribution in [0.25, 0.3) is 22.0 Å². The monoisotopic (exact) mass is 441 g/mol. The summed E-state index contributed by atoms with van der Waals surface area (Å²) < 4.78 is 54.1. The van der Waals surface area contributed by atoms with E-state index in [2.05, 4.69) is 20.5 Å². The number of H-pyrrole nitrogens is 1. The topological polar surface area (TPSA) is 73.9 Å². The number of alkyl halides is 2. The van der Waals surface area contributed by atoms with Crippen LogP contribution in [0.4, 0.5) is 29.1 Å². The quantitative estimate of drug-likeness (QED) is 0.454. The minimum absolute atomic E-state index is 0.0486. The van der Waals surface area contributed by atoms with Gasteiger partial charge in [-0.25, -0.2) is 22.5 Å². The van der Waals surface area contributed by atoms with Crippen LogP contribution in [0.1, 0.15) is 10.5 Å². The normalized spacial score (nSPS) is 14.9. The lowest BCUT2D eigenvalue weighted by molar-refractivity contribution is -0.0267. The van der Waals surface area contributed by atoms with Crippen molar-refractivity contribution in [2.24, 2.45) is 0 Å². The molecular formula is C22H15F4N5O. The van der Waals surface area contributed by atoms with E-state index >= 15 is 0 Å². The van der Waals surface area contributed by atoms with E-state index in [1.807, 2.05) is 0 Å². The maximum absolute atomic E-state index is 14.2. The van der Waals surface area contributed by atoms with Crippen LogP contribution < -0.4 is 10.2 Å². The molecule has 0 bridgehead atoms. The Morgan fingerprint density at radius 3 is 2.69 bits per heavy atom. The predicted octanol–water partition coefficient (Wildman–Crippen LogP) is 4.61. The van der Waals surface area contributed by atoms with E-state index in [4.69, 9.17) is 0 Å². The van der Waals surface area contributed by atoms with Gasteiger partial charge in [0.2, 0.25) is 0 Å². The first-order valence-electron chi connectivity index (χ1n) is 9.63. The average Bonchev–Trinajstić information content (AvgIpc) is 3.17. The number of pyridine rings is 1. The summed E-state index contributed by atoms with van der Waals surface area (Å²) in [5, 5.41) is 9.86. The van der Waals surface area contributed by atoms with Crippen molar-refractivity contribution in [3.8, 4) is 11.1 Å². The molecular weight excluding hydrogens is 426 g/mol. The van der Waals surface area contributed by atoms with E-state index < -0.39 is 36.6 Å². The molecule has 3 heterocycles. The van der Waals surface area contributed by atoms with E-state index in [1.165, 1.54) is 35.4 Å². The van der Waals surface area contributed by atoms with Crippen LogP contribution in [0.3, 0.4) is 0 Å². The molecule has 0 unspecified atom stereocenters. The zero-order valence-corrected chi connectivity index (χ0v) is 16.4. The van der Waals surface area contributed by atoms with E-state index in [-0.39, 0.29) is 11.3 Å². The minimum Gasteiger partial charge on any atom is -0.344 e. The van der Waals surface area contributed by atoms with Gasteiger partial charge in [-0.05, 0) is 29.8 Å². The Balaban J connectivity index is 1.43. The summed E-state index contributed by atoms with van der Waals surface area (Å²) in [6, 6.07) is 11.7. The zero-order chi connectivity index (χ0) is 22.5. The highest BCUT2D eigenvalue weighted by Crippen LogP contribution is 2.32. The minimum atomic E-state index is -2.74. The lowest BCUT2D eigenvalue weighted by Gasteiger charge is -2.39. The van der Waals surface area contributed by atoms with Gasteiger partial charge in [0.05, 0.1) is 18.6 Å². The lowest BCUT2D eigenvalue weighted by atomic mass is 10.0. The summed E-state index contributed by atoms with van der Waals surface area (Å²) in [6.07, 6.45) is 1.41. The Hall–Kier alpha value is -3.95. The second-order valence-electron chi connectivity index (χ2n) is 7.50. The lowest BCUT2D eigenvalue weighted by Crippen LogP contribution is -2.56. The van der Waals surface area contributed by atoms with Gasteiger partial charge in [-0.3, -0.25) is 9.89 Å². The summed E-state index contributed by atoms with van der Waals surface area (Å²) >= 11 is 0. The fourth-order valence-electron chi connectivity index (χ4n) is 3.61. The Labute approximate surface area is 178 Å². The molecule has 1 amide bonds. The number of aromatic amines is 1.